The Morgan fingerprint density at radius 1 is 1.09 bits per heavy atom. The summed E-state index contributed by atoms with van der Waals surface area (Å²) in [6.07, 6.45) is 6.08. The molecule has 0 radical (unpaired) electrons. The van der Waals surface area contributed by atoms with Gasteiger partial charge in [0.05, 0.1) is 33.9 Å². The highest BCUT2D eigenvalue weighted by atomic mass is 35.5. The van der Waals surface area contributed by atoms with Gasteiger partial charge in [-0.25, -0.2) is 15.0 Å². The Morgan fingerprint density at radius 2 is 1.97 bits per heavy atom. The topological polar surface area (TPSA) is 118 Å². The number of halogens is 1. The summed E-state index contributed by atoms with van der Waals surface area (Å²) in [6.45, 7) is 1.83. The second-order valence-corrected chi connectivity index (χ2v) is 7.52. The molecule has 32 heavy (non-hydrogen) atoms. The van der Waals surface area contributed by atoms with Crippen molar-refractivity contribution >= 4 is 39.4 Å². The van der Waals surface area contributed by atoms with Crippen LogP contribution in [0.25, 0.3) is 27.6 Å². The molecule has 1 atom stereocenters. The third-order valence-corrected chi connectivity index (χ3v) is 5.38. The molecule has 1 unspecified atom stereocenters. The fourth-order valence-corrected chi connectivity index (χ4v) is 3.87. The van der Waals surface area contributed by atoms with Crippen molar-refractivity contribution in [1.29, 1.82) is 0 Å². The van der Waals surface area contributed by atoms with E-state index in [1.807, 2.05) is 6.92 Å². The lowest BCUT2D eigenvalue weighted by atomic mass is 10.2. The monoisotopic (exact) mass is 445 g/mol. The third-order valence-electron chi connectivity index (χ3n) is 5.07. The number of benzene rings is 1. The van der Waals surface area contributed by atoms with Crippen molar-refractivity contribution in [2.75, 3.05) is 5.32 Å². The van der Waals surface area contributed by atoms with Gasteiger partial charge in [-0.1, -0.05) is 17.7 Å². The third kappa shape index (κ3) is 3.28. The lowest BCUT2D eigenvalue weighted by Crippen LogP contribution is -2.28. The van der Waals surface area contributed by atoms with Crippen LogP contribution < -0.4 is 16.3 Å². The first-order valence-corrected chi connectivity index (χ1v) is 10.1. The molecule has 0 aliphatic heterocycles. The van der Waals surface area contributed by atoms with Crippen LogP contribution in [0.5, 0.6) is 0 Å². The number of nitrogens with one attached hydrogen (secondary N) is 2. The first-order chi connectivity index (χ1) is 15.5. The van der Waals surface area contributed by atoms with E-state index < -0.39 is 6.04 Å². The molecule has 10 heteroatoms. The average molecular weight is 446 g/mol. The van der Waals surface area contributed by atoms with E-state index in [0.29, 0.717) is 44.3 Å². The minimum atomic E-state index is -0.510. The van der Waals surface area contributed by atoms with Crippen molar-refractivity contribution < 1.29 is 0 Å². The second kappa shape index (κ2) is 7.86. The summed E-state index contributed by atoms with van der Waals surface area (Å²) < 4.78 is 1.46. The van der Waals surface area contributed by atoms with Crippen LogP contribution in [0.4, 0.5) is 5.82 Å². The van der Waals surface area contributed by atoms with Crippen LogP contribution in [0, 0.1) is 0 Å². The van der Waals surface area contributed by atoms with Crippen LogP contribution in [-0.2, 0) is 0 Å². The molecule has 0 bridgehead atoms. The molecule has 4 heterocycles. The summed E-state index contributed by atoms with van der Waals surface area (Å²) >= 11 is 6.33. The van der Waals surface area contributed by atoms with Crippen LogP contribution in [0.2, 0.25) is 5.02 Å². The van der Waals surface area contributed by atoms with Gasteiger partial charge in [0.1, 0.15) is 29.0 Å². The van der Waals surface area contributed by atoms with Gasteiger partial charge in [0.2, 0.25) is 0 Å². The number of hydrogen-bond donors (Lipinski definition) is 2. The van der Waals surface area contributed by atoms with Gasteiger partial charge in [-0.05, 0) is 31.2 Å². The first kappa shape index (κ1) is 19.8. The maximum Gasteiger partial charge on any atom is 0.267 e. The minimum Gasteiger partial charge on any atom is -0.360 e. The zero-order chi connectivity index (χ0) is 22.2. The average Bonchev–Trinajstić information content (AvgIpc) is 2.79. The quantitative estimate of drug-likeness (QED) is 0.436. The fourth-order valence-electron chi connectivity index (χ4n) is 3.62. The van der Waals surface area contributed by atoms with Crippen molar-refractivity contribution in [3.63, 3.8) is 0 Å². The molecule has 5 aromatic rings. The van der Waals surface area contributed by atoms with Crippen LogP contribution in [0.3, 0.4) is 0 Å². The number of aromatic nitrogens is 6. The smallest absolute Gasteiger partial charge is 0.267 e. The van der Waals surface area contributed by atoms with Crippen LogP contribution in [0.1, 0.15) is 18.8 Å². The first-order valence-electron chi connectivity index (χ1n) is 9.75. The van der Waals surface area contributed by atoms with Gasteiger partial charge >= 0.3 is 0 Å². The Hall–Kier alpha value is -4.11. The lowest BCUT2D eigenvalue weighted by Gasteiger charge is -2.20. The number of fused-ring (bicyclic) bond motifs is 2. The van der Waals surface area contributed by atoms with Crippen molar-refractivity contribution in [1.82, 2.24) is 29.5 Å². The second-order valence-electron chi connectivity index (χ2n) is 7.11. The van der Waals surface area contributed by atoms with E-state index in [1.54, 1.807) is 42.7 Å². The van der Waals surface area contributed by atoms with Crippen LogP contribution >= 0.6 is 11.6 Å². The predicted octanol–water partition coefficient (Wildman–Crippen LogP) is 3.24. The molecule has 0 amide bonds. The largest absolute Gasteiger partial charge is 0.360 e. The Balaban J connectivity index is 1.72. The SMILES string of the molecule is CC(Nc1ncnc2[nH]ccc(=O)c12)c1nc2cccc(Cl)c2c(=O)n1-c1cccnc1. The highest BCUT2D eigenvalue weighted by molar-refractivity contribution is 6.35. The van der Waals surface area contributed by atoms with E-state index in [4.69, 9.17) is 16.6 Å². The number of aromatic amines is 1. The van der Waals surface area contributed by atoms with Crippen molar-refractivity contribution in [3.8, 4) is 5.69 Å². The Labute approximate surface area is 185 Å². The highest BCUT2D eigenvalue weighted by Crippen LogP contribution is 2.25. The normalized spacial score (nSPS) is 12.2. The van der Waals surface area contributed by atoms with E-state index in [2.05, 4.69) is 25.3 Å². The molecular weight excluding hydrogens is 430 g/mol. The lowest BCUT2D eigenvalue weighted by molar-refractivity contribution is 0.730. The molecule has 0 spiro atoms. The zero-order valence-corrected chi connectivity index (χ0v) is 17.5. The molecule has 4 aromatic heterocycles. The van der Waals surface area contributed by atoms with Gasteiger partial charge in [0, 0.05) is 18.5 Å². The molecular formula is C22H16ClN7O2. The van der Waals surface area contributed by atoms with Crippen molar-refractivity contribution in [2.24, 2.45) is 0 Å². The Morgan fingerprint density at radius 3 is 2.78 bits per heavy atom. The fraction of sp³-hybridized carbons (Fsp3) is 0.0909. The summed E-state index contributed by atoms with van der Waals surface area (Å²) in [5, 5.41) is 4.17. The molecule has 0 aliphatic rings. The number of anilines is 1. The Bertz CT molecular complexity index is 1580. The van der Waals surface area contributed by atoms with Gasteiger partial charge in [0.25, 0.3) is 5.56 Å². The van der Waals surface area contributed by atoms with Gasteiger partial charge in [-0.2, -0.15) is 0 Å². The Kier molecular flexibility index (Phi) is 4.87. The number of H-pyrrole nitrogens is 1. The van der Waals surface area contributed by atoms with Crippen molar-refractivity contribution in [3.05, 3.63) is 92.7 Å². The predicted molar refractivity (Wildman–Crippen MR) is 122 cm³/mol. The molecule has 0 saturated heterocycles. The summed E-state index contributed by atoms with van der Waals surface area (Å²) in [5.41, 5.74) is 0.877. The van der Waals surface area contributed by atoms with Gasteiger partial charge in [-0.3, -0.25) is 19.1 Å². The molecule has 0 saturated carbocycles. The molecule has 9 nitrogen and oxygen atoms in total. The molecule has 2 N–H and O–H groups in total. The maximum absolute atomic E-state index is 13.5. The molecule has 158 valence electrons. The zero-order valence-electron chi connectivity index (χ0n) is 16.8. The number of hydrogen-bond acceptors (Lipinski definition) is 7. The molecule has 0 aliphatic carbocycles. The molecule has 1 aromatic carbocycles. The molecule has 0 fully saturated rings. The van der Waals surface area contributed by atoms with E-state index in [1.165, 1.54) is 23.2 Å². The molecule has 5 rings (SSSR count). The number of nitrogens with zero attached hydrogens (tertiary/aromatic N) is 5. The van der Waals surface area contributed by atoms with E-state index in [0.717, 1.165) is 0 Å². The number of rotatable bonds is 4. The van der Waals surface area contributed by atoms with Crippen LogP contribution in [0.15, 0.2) is 70.9 Å². The van der Waals surface area contributed by atoms with E-state index in [-0.39, 0.29) is 11.0 Å². The van der Waals surface area contributed by atoms with E-state index in [9.17, 15) is 9.59 Å². The highest BCUT2D eigenvalue weighted by Gasteiger charge is 2.21. The summed E-state index contributed by atoms with van der Waals surface area (Å²) in [5.74, 6) is 0.749. The van der Waals surface area contributed by atoms with Gasteiger partial charge in [0.15, 0.2) is 5.43 Å². The van der Waals surface area contributed by atoms with Gasteiger partial charge < -0.3 is 10.3 Å². The van der Waals surface area contributed by atoms with Crippen LogP contribution in [-0.4, -0.2) is 29.5 Å². The summed E-state index contributed by atoms with van der Waals surface area (Å²) in [7, 11) is 0. The van der Waals surface area contributed by atoms with Gasteiger partial charge in [-0.15, -0.1) is 0 Å². The van der Waals surface area contributed by atoms with E-state index >= 15 is 0 Å². The standard InChI is InChI=1S/C22H16ClN7O2/c1-12(28-20-18-16(31)7-9-25-19(18)26-11-27-20)21-29-15-6-2-5-14(23)17(15)22(32)30(21)13-4-3-8-24-10-13/h2-12H,1H3,(H2,25,26,27,28,31). The maximum atomic E-state index is 13.5. The number of pyridine rings is 2. The summed E-state index contributed by atoms with van der Waals surface area (Å²) in [4.78, 5) is 46.1. The minimum absolute atomic E-state index is 0.225. The van der Waals surface area contributed by atoms with Crippen molar-refractivity contribution in [2.45, 2.75) is 13.0 Å². The summed E-state index contributed by atoms with van der Waals surface area (Å²) in [6, 6.07) is 9.52.